The first-order valence-electron chi connectivity index (χ1n) is 7.56. The van der Waals surface area contributed by atoms with Crippen LogP contribution in [-0.2, 0) is 4.79 Å². The fourth-order valence-corrected chi connectivity index (χ4v) is 2.71. The van der Waals surface area contributed by atoms with E-state index in [9.17, 15) is 9.59 Å². The number of rotatable bonds is 4. The molecule has 2 aromatic rings. The number of hydrogen-bond donors (Lipinski definition) is 2. The lowest BCUT2D eigenvalue weighted by molar-refractivity contribution is -0.120. The Kier molecular flexibility index (Phi) is 4.82. The lowest BCUT2D eigenvalue weighted by Crippen LogP contribution is -2.48. The van der Waals surface area contributed by atoms with Crippen molar-refractivity contribution in [2.45, 2.75) is 0 Å². The zero-order valence-electron chi connectivity index (χ0n) is 13.4. The van der Waals surface area contributed by atoms with Gasteiger partial charge in [-0.05, 0) is 31.3 Å². The molecule has 0 bridgehead atoms. The minimum absolute atomic E-state index is 0.0488. The molecule has 0 radical (unpaired) electrons. The van der Waals surface area contributed by atoms with Crippen molar-refractivity contribution in [1.82, 2.24) is 15.1 Å². The van der Waals surface area contributed by atoms with E-state index in [2.05, 4.69) is 15.5 Å². The summed E-state index contributed by atoms with van der Waals surface area (Å²) in [5.41, 5.74) is 1.48. The molecule has 8 nitrogen and oxygen atoms in total. The third-order valence-electron chi connectivity index (χ3n) is 3.84. The van der Waals surface area contributed by atoms with Gasteiger partial charge < -0.3 is 15.3 Å². The molecule has 1 aromatic heterocycles. The van der Waals surface area contributed by atoms with Crippen molar-refractivity contribution in [3.05, 3.63) is 41.2 Å². The molecule has 2 N–H and O–H groups in total. The maximum atomic E-state index is 12.1. The fraction of sp³-hybridized carbons (Fsp3) is 0.250. The number of amides is 1. The van der Waals surface area contributed by atoms with Crippen LogP contribution in [0.2, 0.25) is 5.15 Å². The van der Waals surface area contributed by atoms with E-state index in [4.69, 9.17) is 16.7 Å². The zero-order valence-corrected chi connectivity index (χ0v) is 14.2. The molecular weight excluding hydrogens is 346 g/mol. The number of carboxylic acid groups (broad SMARTS) is 1. The van der Waals surface area contributed by atoms with Crippen LogP contribution < -0.4 is 10.2 Å². The standard InChI is InChI=1S/C16H16ClN5O3/c1-21-6-7-22(14(23)9-21)11-4-2-10(3-5-11)18-12-8-13(17)19-20-15(12)16(24)25/h2-5,8H,6-7,9H2,1H3,(H,18,19)(H,24,25). The molecule has 25 heavy (non-hydrogen) atoms. The predicted octanol–water partition coefficient (Wildman–Crippen LogP) is 1.85. The van der Waals surface area contributed by atoms with Crippen LogP contribution in [-0.4, -0.2) is 58.8 Å². The summed E-state index contributed by atoms with van der Waals surface area (Å²) in [4.78, 5) is 27.0. The summed E-state index contributed by atoms with van der Waals surface area (Å²) in [5.74, 6) is -1.15. The molecule has 1 aromatic carbocycles. The maximum Gasteiger partial charge on any atom is 0.358 e. The van der Waals surface area contributed by atoms with E-state index in [0.717, 1.165) is 12.2 Å². The Labute approximate surface area is 149 Å². The van der Waals surface area contributed by atoms with Crippen LogP contribution >= 0.6 is 11.6 Å². The topological polar surface area (TPSA) is 98.7 Å². The Morgan fingerprint density at radius 3 is 2.60 bits per heavy atom. The van der Waals surface area contributed by atoms with Gasteiger partial charge in [0, 0.05) is 30.5 Å². The number of nitrogens with one attached hydrogen (secondary N) is 1. The number of nitrogens with zero attached hydrogens (tertiary/aromatic N) is 4. The first kappa shape index (κ1) is 17.1. The van der Waals surface area contributed by atoms with Gasteiger partial charge in [-0.3, -0.25) is 9.69 Å². The van der Waals surface area contributed by atoms with Crippen molar-refractivity contribution < 1.29 is 14.7 Å². The fourth-order valence-electron chi connectivity index (χ4n) is 2.57. The van der Waals surface area contributed by atoms with E-state index < -0.39 is 5.97 Å². The molecule has 2 heterocycles. The number of halogens is 1. The SMILES string of the molecule is CN1CCN(c2ccc(Nc3cc(Cl)nnc3C(=O)O)cc2)C(=O)C1. The molecule has 3 rings (SSSR count). The molecule has 130 valence electrons. The summed E-state index contributed by atoms with van der Waals surface area (Å²) in [6, 6.07) is 8.54. The lowest BCUT2D eigenvalue weighted by Gasteiger charge is -2.32. The number of aromatic carboxylic acids is 1. The summed E-state index contributed by atoms with van der Waals surface area (Å²) < 4.78 is 0. The van der Waals surface area contributed by atoms with E-state index in [1.807, 2.05) is 24.1 Å². The molecular formula is C16H16ClN5O3. The number of likely N-dealkylation sites (N-methyl/N-ethyl adjacent to an activating group) is 1. The van der Waals surface area contributed by atoms with Gasteiger partial charge in [-0.2, -0.15) is 0 Å². The van der Waals surface area contributed by atoms with Crippen molar-refractivity contribution in [3.8, 4) is 0 Å². The number of benzene rings is 1. The number of aromatic nitrogens is 2. The first-order chi connectivity index (χ1) is 11.9. The molecule has 1 fully saturated rings. The van der Waals surface area contributed by atoms with E-state index in [1.165, 1.54) is 6.07 Å². The summed E-state index contributed by atoms with van der Waals surface area (Å²) >= 11 is 5.79. The predicted molar refractivity (Wildman–Crippen MR) is 93.6 cm³/mol. The number of carbonyl (C=O) groups is 2. The Hall–Kier alpha value is -2.71. The van der Waals surface area contributed by atoms with Gasteiger partial charge in [-0.15, -0.1) is 10.2 Å². The van der Waals surface area contributed by atoms with Crippen molar-refractivity contribution in [2.24, 2.45) is 0 Å². The summed E-state index contributed by atoms with van der Waals surface area (Å²) in [5, 5.41) is 19.3. The van der Waals surface area contributed by atoms with Gasteiger partial charge in [0.15, 0.2) is 10.8 Å². The Morgan fingerprint density at radius 1 is 1.24 bits per heavy atom. The minimum atomic E-state index is -1.20. The average molecular weight is 362 g/mol. The van der Waals surface area contributed by atoms with Crippen molar-refractivity contribution in [1.29, 1.82) is 0 Å². The number of anilines is 3. The Morgan fingerprint density at radius 2 is 1.96 bits per heavy atom. The highest BCUT2D eigenvalue weighted by Gasteiger charge is 2.22. The lowest BCUT2D eigenvalue weighted by atomic mass is 10.2. The Balaban J connectivity index is 1.79. The highest BCUT2D eigenvalue weighted by molar-refractivity contribution is 6.29. The van der Waals surface area contributed by atoms with Crippen LogP contribution in [0.25, 0.3) is 0 Å². The molecule has 1 aliphatic rings. The largest absolute Gasteiger partial charge is 0.476 e. The van der Waals surface area contributed by atoms with Gasteiger partial charge in [0.25, 0.3) is 0 Å². The van der Waals surface area contributed by atoms with Crippen LogP contribution in [0.5, 0.6) is 0 Å². The van der Waals surface area contributed by atoms with Crippen molar-refractivity contribution in [3.63, 3.8) is 0 Å². The minimum Gasteiger partial charge on any atom is -0.476 e. The molecule has 1 saturated heterocycles. The van der Waals surface area contributed by atoms with Gasteiger partial charge in [0.05, 0.1) is 12.2 Å². The summed E-state index contributed by atoms with van der Waals surface area (Å²) in [7, 11) is 1.91. The molecule has 0 saturated carbocycles. The van der Waals surface area contributed by atoms with Gasteiger partial charge in [0.2, 0.25) is 5.91 Å². The summed E-state index contributed by atoms with van der Waals surface area (Å²) in [6.45, 7) is 1.84. The number of hydrogen-bond acceptors (Lipinski definition) is 6. The van der Waals surface area contributed by atoms with Crippen LogP contribution in [0, 0.1) is 0 Å². The zero-order chi connectivity index (χ0) is 18.0. The van der Waals surface area contributed by atoms with Crippen LogP contribution in [0.1, 0.15) is 10.5 Å². The van der Waals surface area contributed by atoms with E-state index in [1.54, 1.807) is 17.0 Å². The summed E-state index contributed by atoms with van der Waals surface area (Å²) in [6.07, 6.45) is 0. The smallest absolute Gasteiger partial charge is 0.358 e. The van der Waals surface area contributed by atoms with Gasteiger partial charge in [-0.1, -0.05) is 11.6 Å². The second-order valence-corrected chi connectivity index (χ2v) is 6.08. The normalized spacial score (nSPS) is 15.3. The van der Waals surface area contributed by atoms with Crippen molar-refractivity contribution in [2.75, 3.05) is 36.9 Å². The van der Waals surface area contributed by atoms with Crippen LogP contribution in [0.4, 0.5) is 17.1 Å². The van der Waals surface area contributed by atoms with E-state index in [-0.39, 0.29) is 22.4 Å². The van der Waals surface area contributed by atoms with E-state index >= 15 is 0 Å². The average Bonchev–Trinajstić information content (AvgIpc) is 2.56. The molecule has 1 aliphatic heterocycles. The van der Waals surface area contributed by atoms with Crippen molar-refractivity contribution >= 4 is 40.5 Å². The number of piperazine rings is 1. The second kappa shape index (κ2) is 7.04. The van der Waals surface area contributed by atoms with Gasteiger partial charge in [0.1, 0.15) is 0 Å². The van der Waals surface area contributed by atoms with E-state index in [0.29, 0.717) is 18.8 Å². The number of carboxylic acids is 1. The Bertz CT molecular complexity index is 812. The molecule has 1 amide bonds. The van der Waals surface area contributed by atoms with Crippen LogP contribution in [0.3, 0.4) is 0 Å². The maximum absolute atomic E-state index is 12.1. The molecule has 0 unspecified atom stereocenters. The molecule has 0 atom stereocenters. The monoisotopic (exact) mass is 361 g/mol. The van der Waals surface area contributed by atoms with Crippen LogP contribution in [0.15, 0.2) is 30.3 Å². The number of carbonyl (C=O) groups excluding carboxylic acids is 1. The third-order valence-corrected chi connectivity index (χ3v) is 4.02. The molecule has 0 spiro atoms. The quantitative estimate of drug-likeness (QED) is 0.857. The first-order valence-corrected chi connectivity index (χ1v) is 7.94. The second-order valence-electron chi connectivity index (χ2n) is 5.69. The third kappa shape index (κ3) is 3.86. The highest BCUT2D eigenvalue weighted by atomic mass is 35.5. The molecule has 9 heteroatoms. The molecule has 0 aliphatic carbocycles. The van der Waals surface area contributed by atoms with Gasteiger partial charge >= 0.3 is 5.97 Å². The highest BCUT2D eigenvalue weighted by Crippen LogP contribution is 2.25. The van der Waals surface area contributed by atoms with Gasteiger partial charge in [-0.25, -0.2) is 4.79 Å².